The van der Waals surface area contributed by atoms with E-state index in [1.54, 1.807) is 0 Å². The second kappa shape index (κ2) is 6.54. The molecule has 0 aromatic carbocycles. The molecule has 0 saturated heterocycles. The summed E-state index contributed by atoms with van der Waals surface area (Å²) in [4.78, 5) is 12.6. The Kier molecular flexibility index (Phi) is 4.61. The van der Waals surface area contributed by atoms with Crippen LogP contribution in [0.3, 0.4) is 0 Å². The van der Waals surface area contributed by atoms with E-state index in [4.69, 9.17) is 4.74 Å². The molecule has 0 spiro atoms. The van der Waals surface area contributed by atoms with Gasteiger partial charge >= 0.3 is 0 Å². The van der Waals surface area contributed by atoms with Gasteiger partial charge in [-0.25, -0.2) is 0 Å². The molecule has 0 aliphatic heterocycles. The van der Waals surface area contributed by atoms with Crippen LogP contribution in [0.5, 0.6) is 0 Å². The third-order valence-corrected chi connectivity index (χ3v) is 10.5. The molecule has 0 bridgehead atoms. The van der Waals surface area contributed by atoms with E-state index in [1.807, 2.05) is 0 Å². The molecule has 5 saturated carbocycles. The molecule has 5 fully saturated rings. The van der Waals surface area contributed by atoms with Crippen LogP contribution in [0.4, 0.5) is 0 Å². The molecule has 10 unspecified atom stereocenters. The zero-order valence-electron chi connectivity index (χ0n) is 16.8. The number of hydrogen-bond acceptors (Lipinski definition) is 3. The summed E-state index contributed by atoms with van der Waals surface area (Å²) in [6.45, 7) is 5.20. The van der Waals surface area contributed by atoms with Crippen molar-refractivity contribution in [3.05, 3.63) is 0 Å². The van der Waals surface area contributed by atoms with Gasteiger partial charge in [-0.15, -0.1) is 0 Å². The number of carbonyl (C=O) groups excluding carboxylic acids is 1. The monoisotopic (exact) mass is 438 g/mol. The van der Waals surface area contributed by atoms with Crippen LogP contribution in [0.25, 0.3) is 0 Å². The lowest BCUT2D eigenvalue weighted by molar-refractivity contribution is -0.128. The first-order chi connectivity index (χ1) is 13.0. The zero-order valence-corrected chi connectivity index (χ0v) is 18.4. The van der Waals surface area contributed by atoms with E-state index in [-0.39, 0.29) is 17.4 Å². The maximum absolute atomic E-state index is 12.6. The van der Waals surface area contributed by atoms with E-state index in [0.717, 1.165) is 43.1 Å². The van der Waals surface area contributed by atoms with Gasteiger partial charge in [0.05, 0.1) is 17.0 Å². The zero-order chi connectivity index (χ0) is 19.0. The van der Waals surface area contributed by atoms with Gasteiger partial charge in [0.2, 0.25) is 0 Å². The normalized spacial score (nSPS) is 55.9. The van der Waals surface area contributed by atoms with Crippen molar-refractivity contribution in [1.29, 1.82) is 0 Å². The van der Waals surface area contributed by atoms with Gasteiger partial charge in [-0.3, -0.25) is 4.79 Å². The molecule has 5 rings (SSSR count). The Morgan fingerprint density at radius 1 is 1.04 bits per heavy atom. The summed E-state index contributed by atoms with van der Waals surface area (Å²) in [6, 6.07) is 0. The number of halogens is 1. The molecular formula is C23H35BrO3. The summed E-state index contributed by atoms with van der Waals surface area (Å²) in [5.41, 5.74) is -0.268. The summed E-state index contributed by atoms with van der Waals surface area (Å²) < 4.78 is 5.93. The molecule has 5 aliphatic carbocycles. The standard InChI is InChI=1S/C23H35BrO3/c1-3-27-21-20-16-5-4-15-13(14(16)9-11-23(20,21)26)8-10-22(2)17(15)6-7-18(22)19(25)12-24/h13-18,20-21,26H,3-12H2,1-2H3. The van der Waals surface area contributed by atoms with Crippen molar-refractivity contribution in [2.24, 2.45) is 46.8 Å². The van der Waals surface area contributed by atoms with E-state index < -0.39 is 5.60 Å². The van der Waals surface area contributed by atoms with E-state index >= 15 is 0 Å². The highest BCUT2D eigenvalue weighted by Crippen LogP contribution is 2.69. The van der Waals surface area contributed by atoms with Crippen LogP contribution in [-0.2, 0) is 9.53 Å². The molecule has 4 heteroatoms. The topological polar surface area (TPSA) is 46.5 Å². The third kappa shape index (κ3) is 2.54. The van der Waals surface area contributed by atoms with Crippen molar-refractivity contribution in [1.82, 2.24) is 0 Å². The Bertz CT molecular complexity index is 623. The molecule has 10 atom stereocenters. The fourth-order valence-electron chi connectivity index (χ4n) is 8.83. The molecule has 0 amide bonds. The summed E-state index contributed by atoms with van der Waals surface area (Å²) in [6.07, 6.45) is 9.72. The van der Waals surface area contributed by atoms with E-state index in [1.165, 1.54) is 38.5 Å². The van der Waals surface area contributed by atoms with Crippen molar-refractivity contribution in [3.63, 3.8) is 0 Å². The summed E-state index contributed by atoms with van der Waals surface area (Å²) in [5, 5.41) is 11.5. The fourth-order valence-corrected chi connectivity index (χ4v) is 9.22. The third-order valence-electron chi connectivity index (χ3n) is 9.92. The predicted octanol–water partition coefficient (Wildman–Crippen LogP) is 4.60. The molecule has 27 heavy (non-hydrogen) atoms. The average molecular weight is 439 g/mol. The summed E-state index contributed by atoms with van der Waals surface area (Å²) in [5.74, 6) is 4.96. The van der Waals surface area contributed by atoms with Crippen LogP contribution in [0, 0.1) is 46.8 Å². The minimum Gasteiger partial charge on any atom is -0.387 e. The SMILES string of the molecule is CCOC1C2C3CCC4C(CCC5(C)C(C(=O)CBr)CCC45)C3CCC12O. The van der Waals surface area contributed by atoms with Crippen LogP contribution in [0.2, 0.25) is 0 Å². The number of carbonyl (C=O) groups is 1. The van der Waals surface area contributed by atoms with Crippen molar-refractivity contribution < 1.29 is 14.6 Å². The lowest BCUT2D eigenvalue weighted by Crippen LogP contribution is -2.50. The molecule has 1 N–H and O–H groups in total. The lowest BCUT2D eigenvalue weighted by Gasteiger charge is -2.55. The van der Waals surface area contributed by atoms with Gasteiger partial charge in [0.15, 0.2) is 0 Å². The number of Topliss-reactive ketones (excluding diaryl/α,β-unsaturated/α-hetero) is 1. The van der Waals surface area contributed by atoms with Crippen molar-refractivity contribution in [2.75, 3.05) is 11.9 Å². The van der Waals surface area contributed by atoms with Gasteiger partial charge in [-0.05, 0) is 93.3 Å². The largest absolute Gasteiger partial charge is 0.387 e. The molecule has 0 aromatic heterocycles. The highest BCUT2D eigenvalue weighted by molar-refractivity contribution is 9.09. The van der Waals surface area contributed by atoms with E-state index in [2.05, 4.69) is 29.8 Å². The van der Waals surface area contributed by atoms with Crippen LogP contribution in [0.15, 0.2) is 0 Å². The molecule has 0 aromatic rings. The fraction of sp³-hybridized carbons (Fsp3) is 0.957. The minimum absolute atomic E-state index is 0.107. The van der Waals surface area contributed by atoms with Crippen LogP contribution < -0.4 is 0 Å². The Balaban J connectivity index is 1.35. The molecule has 5 aliphatic rings. The Morgan fingerprint density at radius 2 is 1.74 bits per heavy atom. The molecule has 0 radical (unpaired) electrons. The number of rotatable bonds is 4. The summed E-state index contributed by atoms with van der Waals surface area (Å²) >= 11 is 3.43. The van der Waals surface area contributed by atoms with Gasteiger partial charge in [-0.1, -0.05) is 22.9 Å². The van der Waals surface area contributed by atoms with Crippen molar-refractivity contribution in [2.45, 2.75) is 76.9 Å². The number of aliphatic hydroxyl groups is 1. The Morgan fingerprint density at radius 3 is 2.48 bits per heavy atom. The predicted molar refractivity (Wildman–Crippen MR) is 109 cm³/mol. The maximum atomic E-state index is 12.6. The maximum Gasteiger partial charge on any atom is 0.147 e. The van der Waals surface area contributed by atoms with Gasteiger partial charge < -0.3 is 9.84 Å². The minimum atomic E-state index is -0.506. The van der Waals surface area contributed by atoms with E-state index in [9.17, 15) is 9.90 Å². The lowest BCUT2D eigenvalue weighted by atomic mass is 9.49. The molecule has 0 heterocycles. The average Bonchev–Trinajstić information content (AvgIpc) is 3.09. The number of hydrogen-bond donors (Lipinski definition) is 1. The van der Waals surface area contributed by atoms with Crippen LogP contribution >= 0.6 is 15.9 Å². The number of alkyl halides is 1. The number of ether oxygens (including phenoxy) is 1. The Hall–Kier alpha value is 0.0700. The Labute approximate surface area is 172 Å². The first-order valence-corrected chi connectivity index (χ1v) is 12.5. The second-order valence-corrected chi connectivity index (χ2v) is 11.1. The summed E-state index contributed by atoms with van der Waals surface area (Å²) in [7, 11) is 0. The molecule has 3 nitrogen and oxygen atoms in total. The van der Waals surface area contributed by atoms with Crippen LogP contribution in [0.1, 0.15) is 65.2 Å². The highest BCUT2D eigenvalue weighted by atomic mass is 79.9. The highest BCUT2D eigenvalue weighted by Gasteiger charge is 2.72. The second-order valence-electron chi connectivity index (χ2n) is 10.5. The van der Waals surface area contributed by atoms with Gasteiger partial charge in [-0.2, -0.15) is 0 Å². The number of ketones is 1. The first kappa shape index (κ1) is 19.1. The van der Waals surface area contributed by atoms with Gasteiger partial charge in [0.25, 0.3) is 0 Å². The van der Waals surface area contributed by atoms with Crippen molar-refractivity contribution >= 4 is 21.7 Å². The smallest absolute Gasteiger partial charge is 0.147 e. The van der Waals surface area contributed by atoms with Crippen LogP contribution in [-0.4, -0.2) is 34.5 Å². The molecule has 152 valence electrons. The molecular weight excluding hydrogens is 404 g/mol. The van der Waals surface area contributed by atoms with Gasteiger partial charge in [0, 0.05) is 18.4 Å². The number of fused-ring (bicyclic) bond motifs is 7. The van der Waals surface area contributed by atoms with E-state index in [0.29, 0.717) is 22.9 Å². The van der Waals surface area contributed by atoms with Gasteiger partial charge in [0.1, 0.15) is 5.78 Å². The first-order valence-electron chi connectivity index (χ1n) is 11.4. The quantitative estimate of drug-likeness (QED) is 0.652. The van der Waals surface area contributed by atoms with Crippen molar-refractivity contribution in [3.8, 4) is 0 Å².